The van der Waals surface area contributed by atoms with E-state index in [0.29, 0.717) is 5.96 Å². The molecule has 2 aliphatic rings. The molecule has 0 aromatic rings. The number of unbranched alkanes of at least 4 members (excludes halogenated alkanes) is 2. The summed E-state index contributed by atoms with van der Waals surface area (Å²) in [4.78, 5) is 41.7. The van der Waals surface area contributed by atoms with Crippen LogP contribution in [0.2, 0.25) is 0 Å². The van der Waals surface area contributed by atoms with Gasteiger partial charge in [-0.3, -0.25) is 19.4 Å². The number of aliphatic carboxylic acids is 1. The van der Waals surface area contributed by atoms with E-state index in [4.69, 9.17) is 19.9 Å². The summed E-state index contributed by atoms with van der Waals surface area (Å²) < 4.78 is 17.5. The van der Waals surface area contributed by atoms with Crippen LogP contribution in [-0.4, -0.2) is 184 Å². The fourth-order valence-electron chi connectivity index (χ4n) is 10.3. The molecule has 2 heterocycles. The highest BCUT2D eigenvalue weighted by Crippen LogP contribution is 2.36. The van der Waals surface area contributed by atoms with E-state index >= 15 is 0 Å². The molecule has 0 amide bonds. The lowest BCUT2D eigenvalue weighted by Gasteiger charge is -2.45. The number of fused-ring (bicyclic) bond motifs is 2. The summed E-state index contributed by atoms with van der Waals surface area (Å²) >= 11 is 0. The van der Waals surface area contributed by atoms with E-state index in [-0.39, 0.29) is 62.7 Å². The van der Waals surface area contributed by atoms with Gasteiger partial charge in [-0.2, -0.15) is 0 Å². The Morgan fingerprint density at radius 1 is 0.762 bits per heavy atom. The molecule has 0 saturated carbocycles. The Kier molecular flexibility index (Phi) is 33.1. The van der Waals surface area contributed by atoms with Gasteiger partial charge in [0.15, 0.2) is 11.7 Å². The van der Waals surface area contributed by atoms with Crippen LogP contribution in [0, 0.1) is 47.3 Å². The first-order chi connectivity index (χ1) is 37.5. The van der Waals surface area contributed by atoms with E-state index in [1.165, 1.54) is 12.2 Å². The van der Waals surface area contributed by atoms with E-state index in [1.807, 2.05) is 19.9 Å². The highest BCUT2D eigenvalue weighted by Gasteiger charge is 2.50. The number of esters is 2. The number of carbonyl (C=O) groups is 3. The predicted octanol–water partition coefficient (Wildman–Crippen LogP) is 3.30. The zero-order valence-corrected chi connectivity index (χ0v) is 48.9. The van der Waals surface area contributed by atoms with Gasteiger partial charge in [0.25, 0.3) is 0 Å². The number of nitrogens with one attached hydrogen (secondary N) is 1. The first-order valence-corrected chi connectivity index (χ1v) is 29.0. The molecule has 2 aliphatic heterocycles. The predicted molar refractivity (Wildman–Crippen MR) is 302 cm³/mol. The average molecular weight is 1140 g/mol. The molecule has 0 aliphatic carbocycles. The number of ether oxygens (including phenoxy) is 3. The summed E-state index contributed by atoms with van der Waals surface area (Å²) in [5.74, 6) is -9.43. The number of cyclic esters (lactones) is 1. The second-order valence-corrected chi connectivity index (χ2v) is 23.4. The first kappa shape index (κ1) is 72.3. The highest BCUT2D eigenvalue weighted by atomic mass is 16.7. The van der Waals surface area contributed by atoms with Crippen molar-refractivity contribution in [2.45, 2.75) is 237 Å². The number of aliphatic imine (C=N–C) groups is 1. The third-order valence-corrected chi connectivity index (χ3v) is 16.2. The van der Waals surface area contributed by atoms with Gasteiger partial charge in [-0.15, -0.1) is 0 Å². The third kappa shape index (κ3) is 26.2. The molecule has 15 N–H and O–H groups in total. The van der Waals surface area contributed by atoms with Crippen LogP contribution >= 0.6 is 0 Å². The Balaban J connectivity index is 2.43. The summed E-state index contributed by atoms with van der Waals surface area (Å²) in [6.45, 7) is 14.8. The molecule has 0 unspecified atom stereocenters. The molecular weight excluding hydrogens is 1040 g/mol. The van der Waals surface area contributed by atoms with Crippen molar-refractivity contribution >= 4 is 23.9 Å². The normalized spacial score (nSPS) is 37.7. The van der Waals surface area contributed by atoms with E-state index < -0.39 is 145 Å². The minimum atomic E-state index is -2.54. The molecule has 0 aromatic heterocycles. The molecule has 21 heteroatoms. The SMILES string of the molecule is CN=C(N)NCCC/C=C/CCC[C@H](C)C[C@H](C)[C@H]1OC(=O)[C@H](C)[C@H](O)C=C[C@H](C)[C@H](O)C[C@H](O)[C@H](C)[C@@H](O)CC[C@H](C)[C@H](O)C[C@]2(O)O[C@H](C[C@@H](OC(=O)CC(=O)O)C[C@H](O)C[C@@H](O)[C@H](C)[C@H](O)C=CC=C[C@@H]1C)C[C@H](O)[C@H]2O. The lowest BCUT2D eigenvalue weighted by atomic mass is 9.83. The number of carboxylic acids is 1. The Bertz CT molecular complexity index is 1960. The van der Waals surface area contributed by atoms with Crippen molar-refractivity contribution in [2.24, 2.45) is 58.1 Å². The van der Waals surface area contributed by atoms with E-state index in [9.17, 15) is 75.7 Å². The number of aliphatic hydroxyl groups is 11. The number of rotatable bonds is 14. The van der Waals surface area contributed by atoms with Crippen molar-refractivity contribution in [3.05, 3.63) is 48.6 Å². The zero-order valence-electron chi connectivity index (χ0n) is 48.9. The molecule has 1 saturated heterocycles. The fraction of sp³-hybridized carbons (Fsp3) is 0.797. The Morgan fingerprint density at radius 2 is 1.40 bits per heavy atom. The first-order valence-electron chi connectivity index (χ1n) is 29.0. The Labute approximate surface area is 474 Å². The fourth-order valence-corrected chi connectivity index (χ4v) is 10.3. The number of allylic oxidation sites excluding steroid dienone is 4. The van der Waals surface area contributed by atoms with Gasteiger partial charge in [0, 0.05) is 69.4 Å². The van der Waals surface area contributed by atoms with Crippen LogP contribution in [0.1, 0.15) is 152 Å². The largest absolute Gasteiger partial charge is 0.481 e. The van der Waals surface area contributed by atoms with Crippen LogP contribution < -0.4 is 11.1 Å². The monoisotopic (exact) mass is 1140 g/mol. The number of carboxylic acid groups (broad SMARTS) is 1. The minimum Gasteiger partial charge on any atom is -0.481 e. The summed E-state index contributed by atoms with van der Waals surface area (Å²) in [7, 11) is 1.63. The lowest BCUT2D eigenvalue weighted by molar-refractivity contribution is -0.333. The highest BCUT2D eigenvalue weighted by molar-refractivity contribution is 5.90. The number of nitrogens with zero attached hydrogens (tertiary/aromatic N) is 1. The molecule has 22 atom stereocenters. The second-order valence-electron chi connectivity index (χ2n) is 23.4. The van der Waals surface area contributed by atoms with Gasteiger partial charge in [-0.1, -0.05) is 103 Å². The van der Waals surface area contributed by atoms with Gasteiger partial charge in [0.1, 0.15) is 24.7 Å². The van der Waals surface area contributed by atoms with Crippen molar-refractivity contribution in [3.8, 4) is 0 Å². The van der Waals surface area contributed by atoms with Crippen LogP contribution in [0.25, 0.3) is 0 Å². The smallest absolute Gasteiger partial charge is 0.317 e. The molecule has 1 fully saturated rings. The van der Waals surface area contributed by atoms with Crippen LogP contribution in [0.15, 0.2) is 53.6 Å². The number of nitrogens with two attached hydrogens (primary N) is 1. The summed E-state index contributed by atoms with van der Waals surface area (Å²) in [6.07, 6.45) is -0.165. The van der Waals surface area contributed by atoms with Gasteiger partial charge >= 0.3 is 17.9 Å². The summed E-state index contributed by atoms with van der Waals surface area (Å²) in [5, 5.41) is 135. The van der Waals surface area contributed by atoms with Gasteiger partial charge < -0.3 is 86.5 Å². The molecule has 2 rings (SSSR count). The number of carbonyl (C=O) groups excluding carboxylic acids is 2. The quantitative estimate of drug-likeness (QED) is 0.0296. The zero-order chi connectivity index (χ0) is 60.4. The molecule has 80 heavy (non-hydrogen) atoms. The number of aliphatic hydroxyl groups excluding tert-OH is 10. The van der Waals surface area contributed by atoms with Gasteiger partial charge in [0.05, 0.1) is 67.0 Å². The van der Waals surface area contributed by atoms with E-state index in [2.05, 4.69) is 29.4 Å². The van der Waals surface area contributed by atoms with Crippen molar-refractivity contribution in [1.29, 1.82) is 0 Å². The van der Waals surface area contributed by atoms with E-state index in [1.54, 1.807) is 59.9 Å². The van der Waals surface area contributed by atoms with Crippen molar-refractivity contribution < 1.29 is 89.9 Å². The topological polar surface area (TPSA) is 372 Å². The average Bonchev–Trinajstić information content (AvgIpc) is 3.38. The maximum absolute atomic E-state index is 13.8. The van der Waals surface area contributed by atoms with Gasteiger partial charge in [0.2, 0.25) is 0 Å². The van der Waals surface area contributed by atoms with Crippen molar-refractivity contribution in [2.75, 3.05) is 13.6 Å². The third-order valence-electron chi connectivity index (χ3n) is 16.2. The lowest BCUT2D eigenvalue weighted by Crippen LogP contribution is -2.60. The van der Waals surface area contributed by atoms with E-state index in [0.717, 1.165) is 45.1 Å². The minimum absolute atomic E-state index is 0.0716. The molecule has 0 radical (unpaired) electrons. The van der Waals surface area contributed by atoms with Crippen molar-refractivity contribution in [3.63, 3.8) is 0 Å². The van der Waals surface area contributed by atoms with Crippen LogP contribution in [0.3, 0.4) is 0 Å². The maximum atomic E-state index is 13.8. The molecular formula is C59H103N3O18. The van der Waals surface area contributed by atoms with Crippen LogP contribution in [-0.2, 0) is 28.6 Å². The molecule has 0 aromatic carbocycles. The van der Waals surface area contributed by atoms with Crippen LogP contribution in [0.5, 0.6) is 0 Å². The number of guanidine groups is 1. The molecule has 462 valence electrons. The number of hydrogen-bond acceptors (Lipinski definition) is 18. The summed E-state index contributed by atoms with van der Waals surface area (Å²) in [5.41, 5.74) is 5.68. The number of hydrogen-bond donors (Lipinski definition) is 14. The Morgan fingerprint density at radius 3 is 2.05 bits per heavy atom. The standard InChI is InChI=1S/C59H103N3O18/c1-34(18-14-12-10-11-13-17-25-62-58(60)61-9)26-38(5)55-37(4)19-15-16-20-45(64)39(6)49(68)28-42(63)27-43(78-54(74)32-53(72)73)29-44-30-51(70)56(75)59(77,80-44)33-52(71)36(3)22-23-46(65)40(7)50(69)31-48(67)35(2)21-24-47(66)41(8)57(76)79-55/h10-11,15-16,19-21,24,34-52,55-56,63-71,75,77H,12-14,17-18,22-23,25-33H2,1-9H3,(H,72,73)(H3,60,61,62)/b11-10+,19-15?,20-16?,24-21?/t34-,35-,36-,37-,38-,39+,40+,41+,42-,43-,44+,45+,46-,47+,48+,49+,50-,51-,52+,55-,56+,59-/m0/s1. The molecule has 2 bridgehead atoms. The molecule has 21 nitrogen and oxygen atoms in total. The van der Waals surface area contributed by atoms with Gasteiger partial charge in [-0.05, 0) is 76.0 Å². The molecule has 0 spiro atoms. The Hall–Kier alpha value is -3.84. The van der Waals surface area contributed by atoms with Gasteiger partial charge in [-0.25, -0.2) is 0 Å². The van der Waals surface area contributed by atoms with Crippen LogP contribution in [0.4, 0.5) is 0 Å². The van der Waals surface area contributed by atoms with Crippen molar-refractivity contribution in [1.82, 2.24) is 5.32 Å². The maximum Gasteiger partial charge on any atom is 0.317 e. The second kappa shape index (κ2) is 36.7. The summed E-state index contributed by atoms with van der Waals surface area (Å²) in [6, 6.07) is 0.